The molecule has 2 aliphatic heterocycles. The van der Waals surface area contributed by atoms with Crippen molar-refractivity contribution in [1.82, 2.24) is 20.0 Å². The zero-order valence-electron chi connectivity index (χ0n) is 25.5. The van der Waals surface area contributed by atoms with E-state index in [0.29, 0.717) is 23.7 Å². The molecular formula is C35H28F4N6O3. The van der Waals surface area contributed by atoms with Crippen LogP contribution in [0.3, 0.4) is 0 Å². The summed E-state index contributed by atoms with van der Waals surface area (Å²) in [7, 11) is 0. The number of likely N-dealkylation sites (N-methyl/N-ethyl adjacent to an activating group) is 1. The van der Waals surface area contributed by atoms with E-state index in [9.17, 15) is 37.2 Å². The summed E-state index contributed by atoms with van der Waals surface area (Å²) in [6.07, 6.45) is -3.42. The van der Waals surface area contributed by atoms with Crippen LogP contribution in [-0.2, 0) is 11.0 Å². The molecule has 4 aromatic rings. The zero-order valence-corrected chi connectivity index (χ0v) is 25.5. The van der Waals surface area contributed by atoms with Crippen molar-refractivity contribution in [3.63, 3.8) is 0 Å². The second kappa shape index (κ2) is 11.6. The zero-order chi connectivity index (χ0) is 33.9. The number of hydrogen-bond donors (Lipinski definition) is 1. The van der Waals surface area contributed by atoms with Gasteiger partial charge in [0.05, 0.1) is 17.3 Å². The fraction of sp³-hybridized carbons (Fsp3) is 0.286. The summed E-state index contributed by atoms with van der Waals surface area (Å²) >= 11 is 0. The quantitative estimate of drug-likeness (QED) is 0.278. The highest BCUT2D eigenvalue weighted by Gasteiger charge is 2.56. The molecule has 0 bridgehead atoms. The number of likely N-dealkylation sites (tertiary alicyclic amines) is 1. The predicted octanol–water partition coefficient (Wildman–Crippen LogP) is 5.45. The van der Waals surface area contributed by atoms with Crippen LogP contribution in [0.4, 0.5) is 23.4 Å². The molecule has 48 heavy (non-hydrogen) atoms. The Morgan fingerprint density at radius 3 is 2.42 bits per heavy atom. The number of para-hydroxylation sites is 1. The number of anilines is 1. The van der Waals surface area contributed by atoms with E-state index in [1.807, 2.05) is 0 Å². The SMILES string of the molecule is CCN1C(=O)[C@H](NC(=O)c2cccc(C(F)(F)F)c2)[C@H](c2ccc(F)cc2)c2c(C(=O)N3[C@H](C#N)C[C@@H]4C[C@@H]43)nn(-c3ccccc3)c21. The van der Waals surface area contributed by atoms with Gasteiger partial charge in [-0.25, -0.2) is 9.07 Å². The molecule has 5 atom stereocenters. The minimum absolute atomic E-state index is 0.0414. The van der Waals surface area contributed by atoms with Gasteiger partial charge in [-0.2, -0.15) is 23.5 Å². The topological polar surface area (TPSA) is 111 Å². The standard InChI is InChI=1S/C35H28F4N6O3/c1-2-43-32-28(30(42-45(32)24-9-4-3-5-10-24)34(48)44-25(18-40)16-21-17-26(21)44)27(19-11-13-23(36)14-12-19)29(33(43)47)41-31(46)20-7-6-8-22(15-20)35(37,38)39/h3-15,21,25-27,29H,2,16-17H2,1H3,(H,41,46)/t21-,25+,26+,27-,29-/m1/s1. The van der Waals surface area contributed by atoms with E-state index in [1.165, 1.54) is 44.8 Å². The third kappa shape index (κ3) is 5.17. The molecule has 244 valence electrons. The number of alkyl halides is 3. The first-order valence-electron chi connectivity index (χ1n) is 15.5. The lowest BCUT2D eigenvalue weighted by Gasteiger charge is -2.38. The van der Waals surface area contributed by atoms with Crippen molar-refractivity contribution in [1.29, 1.82) is 5.26 Å². The fourth-order valence-corrected chi connectivity index (χ4v) is 6.98. The molecule has 7 rings (SSSR count). The first-order valence-corrected chi connectivity index (χ1v) is 15.5. The first kappa shape index (κ1) is 31.1. The van der Waals surface area contributed by atoms with Crippen LogP contribution in [0.15, 0.2) is 78.9 Å². The second-order valence-electron chi connectivity index (χ2n) is 12.1. The molecule has 1 aliphatic carbocycles. The fourth-order valence-electron chi connectivity index (χ4n) is 6.98. The van der Waals surface area contributed by atoms with E-state index in [2.05, 4.69) is 11.4 Å². The number of hydrogen-bond acceptors (Lipinski definition) is 5. The molecule has 13 heteroatoms. The van der Waals surface area contributed by atoms with Gasteiger partial charge in [0.2, 0.25) is 0 Å². The highest BCUT2D eigenvalue weighted by Crippen LogP contribution is 2.50. The van der Waals surface area contributed by atoms with Crippen LogP contribution in [0.2, 0.25) is 0 Å². The van der Waals surface area contributed by atoms with Gasteiger partial charge in [-0.15, -0.1) is 0 Å². The average Bonchev–Trinajstić information content (AvgIpc) is 3.58. The van der Waals surface area contributed by atoms with Crippen LogP contribution >= 0.6 is 0 Å². The Labute approximate surface area is 272 Å². The number of nitrogens with zero attached hydrogens (tertiary/aromatic N) is 5. The number of carbonyl (C=O) groups excluding carboxylic acids is 3. The predicted molar refractivity (Wildman–Crippen MR) is 165 cm³/mol. The molecule has 1 N–H and O–H groups in total. The molecule has 3 aliphatic rings. The van der Waals surface area contributed by atoms with Gasteiger partial charge in [0, 0.05) is 29.6 Å². The first-order chi connectivity index (χ1) is 23.0. The smallest absolute Gasteiger partial charge is 0.339 e. The number of halogens is 4. The maximum Gasteiger partial charge on any atom is 0.416 e. The van der Waals surface area contributed by atoms with Gasteiger partial charge < -0.3 is 10.2 Å². The van der Waals surface area contributed by atoms with Gasteiger partial charge in [-0.3, -0.25) is 19.3 Å². The number of piperidine rings is 1. The molecule has 2 fully saturated rings. The molecule has 3 heterocycles. The van der Waals surface area contributed by atoms with E-state index in [0.717, 1.165) is 18.6 Å². The Morgan fingerprint density at radius 1 is 1.02 bits per heavy atom. The Bertz CT molecular complexity index is 1970. The van der Waals surface area contributed by atoms with Crippen LogP contribution in [-0.4, -0.2) is 57.1 Å². The van der Waals surface area contributed by atoms with Crippen molar-refractivity contribution < 1.29 is 31.9 Å². The Kier molecular flexibility index (Phi) is 7.53. The van der Waals surface area contributed by atoms with Crippen LogP contribution in [0.25, 0.3) is 5.69 Å². The van der Waals surface area contributed by atoms with Crippen molar-refractivity contribution in [3.05, 3.63) is 113 Å². The molecule has 1 aromatic heterocycles. The largest absolute Gasteiger partial charge is 0.416 e. The monoisotopic (exact) mass is 656 g/mol. The minimum atomic E-state index is -4.71. The average molecular weight is 657 g/mol. The molecule has 3 amide bonds. The molecule has 9 nitrogen and oxygen atoms in total. The molecule has 0 unspecified atom stereocenters. The van der Waals surface area contributed by atoms with E-state index < -0.39 is 53.3 Å². The number of fused-ring (bicyclic) bond motifs is 2. The van der Waals surface area contributed by atoms with E-state index in [1.54, 1.807) is 37.3 Å². The van der Waals surface area contributed by atoms with Gasteiger partial charge in [0.15, 0.2) is 5.69 Å². The molecule has 0 radical (unpaired) electrons. The Hall–Kier alpha value is -5.51. The van der Waals surface area contributed by atoms with E-state index in [-0.39, 0.29) is 41.1 Å². The van der Waals surface area contributed by atoms with Gasteiger partial charge in [-0.05, 0) is 73.7 Å². The number of benzene rings is 3. The van der Waals surface area contributed by atoms with Crippen LogP contribution < -0.4 is 10.2 Å². The van der Waals surface area contributed by atoms with Crippen molar-refractivity contribution in [2.45, 2.75) is 50.0 Å². The van der Waals surface area contributed by atoms with Gasteiger partial charge in [-0.1, -0.05) is 36.4 Å². The Morgan fingerprint density at radius 2 is 1.75 bits per heavy atom. The molecule has 3 aromatic carbocycles. The summed E-state index contributed by atoms with van der Waals surface area (Å²) in [5, 5.41) is 17.3. The van der Waals surface area contributed by atoms with Gasteiger partial charge in [0.1, 0.15) is 23.7 Å². The molecular weight excluding hydrogens is 628 g/mol. The maximum atomic E-state index is 14.5. The highest BCUT2D eigenvalue weighted by atomic mass is 19.4. The summed E-state index contributed by atoms with van der Waals surface area (Å²) < 4.78 is 56.3. The molecule has 1 saturated heterocycles. The van der Waals surface area contributed by atoms with Crippen molar-refractivity contribution in [2.75, 3.05) is 11.4 Å². The lowest BCUT2D eigenvalue weighted by Crippen LogP contribution is -2.55. The Balaban J connectivity index is 1.43. The number of nitriles is 1. The van der Waals surface area contributed by atoms with E-state index in [4.69, 9.17) is 5.10 Å². The van der Waals surface area contributed by atoms with Gasteiger partial charge >= 0.3 is 6.18 Å². The minimum Gasteiger partial charge on any atom is -0.339 e. The van der Waals surface area contributed by atoms with Crippen LogP contribution in [0, 0.1) is 23.1 Å². The summed E-state index contributed by atoms with van der Waals surface area (Å²) in [5.41, 5.74) is -0.237. The molecule has 0 spiro atoms. The summed E-state index contributed by atoms with van der Waals surface area (Å²) in [4.78, 5) is 45.4. The second-order valence-corrected chi connectivity index (χ2v) is 12.1. The van der Waals surface area contributed by atoms with Gasteiger partial charge in [0.25, 0.3) is 17.7 Å². The normalized spacial score (nSPS) is 22.9. The number of nitrogens with one attached hydrogen (secondary N) is 1. The third-order valence-electron chi connectivity index (χ3n) is 9.30. The van der Waals surface area contributed by atoms with Crippen molar-refractivity contribution in [2.24, 2.45) is 5.92 Å². The van der Waals surface area contributed by atoms with Crippen molar-refractivity contribution >= 4 is 23.5 Å². The van der Waals surface area contributed by atoms with Crippen LogP contribution in [0.5, 0.6) is 0 Å². The summed E-state index contributed by atoms with van der Waals surface area (Å²) in [6.45, 7) is 1.79. The van der Waals surface area contributed by atoms with Crippen LogP contribution in [0.1, 0.15) is 63.2 Å². The number of rotatable bonds is 6. The van der Waals surface area contributed by atoms with E-state index >= 15 is 0 Å². The molecule has 1 saturated carbocycles. The lowest BCUT2D eigenvalue weighted by molar-refractivity contribution is -0.137. The summed E-state index contributed by atoms with van der Waals surface area (Å²) in [5.74, 6) is -3.28. The number of amides is 3. The van der Waals surface area contributed by atoms with Crippen molar-refractivity contribution in [3.8, 4) is 11.8 Å². The number of aromatic nitrogens is 2. The lowest BCUT2D eigenvalue weighted by atomic mass is 9.80. The third-order valence-corrected chi connectivity index (χ3v) is 9.30. The highest BCUT2D eigenvalue weighted by molar-refractivity contribution is 6.08. The number of carbonyl (C=O) groups is 3. The summed E-state index contributed by atoms with van der Waals surface area (Å²) in [6, 6.07) is 17.9. The maximum absolute atomic E-state index is 14.5.